The summed E-state index contributed by atoms with van der Waals surface area (Å²) in [6, 6.07) is 16.3. The molecule has 37 heavy (non-hydrogen) atoms. The van der Waals surface area contributed by atoms with Gasteiger partial charge in [-0.2, -0.15) is 0 Å². The van der Waals surface area contributed by atoms with Crippen LogP contribution in [-0.2, 0) is 10.2 Å². The molecule has 0 atom stereocenters. The first-order valence-corrected chi connectivity index (χ1v) is 13.2. The summed E-state index contributed by atoms with van der Waals surface area (Å²) >= 11 is 0. The van der Waals surface area contributed by atoms with Gasteiger partial charge in [0.1, 0.15) is 5.75 Å². The Morgan fingerprint density at radius 2 is 1.78 bits per heavy atom. The number of anilines is 1. The van der Waals surface area contributed by atoms with Crippen molar-refractivity contribution in [2.75, 3.05) is 37.8 Å². The molecule has 1 aliphatic rings. The summed E-state index contributed by atoms with van der Waals surface area (Å²) in [5, 5.41) is 9.25. The number of hydrogen-bond acceptors (Lipinski definition) is 6. The summed E-state index contributed by atoms with van der Waals surface area (Å²) < 4.78 is 11.2. The van der Waals surface area contributed by atoms with E-state index in [0.717, 1.165) is 41.2 Å². The largest absolute Gasteiger partial charge is 0.493 e. The number of hydrogen-bond donors (Lipinski definition) is 1. The number of aromatic nitrogens is 1. The average Bonchev–Trinajstić information content (AvgIpc) is 3.43. The van der Waals surface area contributed by atoms with Crippen LogP contribution in [0.3, 0.4) is 0 Å². The summed E-state index contributed by atoms with van der Waals surface area (Å²) in [7, 11) is 0. The lowest BCUT2D eigenvalue weighted by molar-refractivity contribution is 0.0526. The minimum Gasteiger partial charge on any atom is -0.493 e. The Morgan fingerprint density at radius 1 is 1.03 bits per heavy atom. The number of carbonyl (C=O) groups excluding carboxylic acids is 1. The molecule has 2 heterocycles. The number of ether oxygens (including phenoxy) is 2. The van der Waals surface area contributed by atoms with Crippen molar-refractivity contribution >= 4 is 11.7 Å². The minimum absolute atomic E-state index is 0.0199. The van der Waals surface area contributed by atoms with Crippen molar-refractivity contribution in [2.24, 2.45) is 0 Å². The Kier molecular flexibility index (Phi) is 8.49. The monoisotopic (exact) mass is 502 g/mol. The number of carbonyl (C=O) groups is 1. The number of esters is 1. The molecular weight excluding hydrogens is 464 g/mol. The van der Waals surface area contributed by atoms with Gasteiger partial charge in [-0.25, -0.2) is 4.79 Å². The third-order valence-electron chi connectivity index (χ3n) is 6.67. The number of rotatable bonds is 9. The second kappa shape index (κ2) is 11.8. The average molecular weight is 503 g/mol. The molecule has 1 saturated heterocycles. The third kappa shape index (κ3) is 6.31. The molecule has 196 valence electrons. The minimum atomic E-state index is -0.373. The molecular formula is C31H38N2O4. The standard InChI is InChI=1S/C31H38N2O4/c1-5-36-30(35)24-9-12-27(32-21-24)23-11-14-29(37-18-8-17-34)25(19-23)22-10-13-28(33-15-6-7-16-33)26(20-22)31(2,3)4/h9-14,19-21,34H,5-8,15-18H2,1-4H3. The van der Waals surface area contributed by atoms with Crippen molar-refractivity contribution in [2.45, 2.75) is 52.4 Å². The van der Waals surface area contributed by atoms with E-state index in [1.54, 1.807) is 19.2 Å². The maximum atomic E-state index is 12.0. The number of pyridine rings is 1. The van der Waals surface area contributed by atoms with Gasteiger partial charge in [-0.1, -0.05) is 26.8 Å². The summed E-state index contributed by atoms with van der Waals surface area (Å²) in [6.45, 7) is 11.6. The van der Waals surface area contributed by atoms with E-state index in [1.807, 2.05) is 18.2 Å². The number of aliphatic hydroxyl groups excluding tert-OH is 1. The highest BCUT2D eigenvalue weighted by Gasteiger charge is 2.24. The predicted octanol–water partition coefficient (Wildman–Crippen LogP) is 6.25. The Labute approximate surface area is 220 Å². The molecule has 4 rings (SSSR count). The van der Waals surface area contributed by atoms with Gasteiger partial charge in [0.15, 0.2) is 0 Å². The van der Waals surface area contributed by atoms with Crippen LogP contribution in [-0.4, -0.2) is 49.0 Å². The number of nitrogens with zero attached hydrogens (tertiary/aromatic N) is 2. The summed E-state index contributed by atoms with van der Waals surface area (Å²) in [5.41, 5.74) is 6.79. The fourth-order valence-corrected chi connectivity index (χ4v) is 4.73. The zero-order valence-electron chi connectivity index (χ0n) is 22.4. The first kappa shape index (κ1) is 26.7. The third-order valence-corrected chi connectivity index (χ3v) is 6.67. The van der Waals surface area contributed by atoms with E-state index in [9.17, 15) is 9.90 Å². The van der Waals surface area contributed by atoms with Crippen LogP contribution in [0.5, 0.6) is 5.75 Å². The van der Waals surface area contributed by atoms with Crippen molar-refractivity contribution in [1.29, 1.82) is 0 Å². The molecule has 3 aromatic rings. The smallest absolute Gasteiger partial charge is 0.339 e. The molecule has 0 bridgehead atoms. The van der Waals surface area contributed by atoms with E-state index in [4.69, 9.17) is 9.47 Å². The molecule has 1 aliphatic heterocycles. The van der Waals surface area contributed by atoms with Gasteiger partial charge in [-0.3, -0.25) is 4.98 Å². The SMILES string of the molecule is CCOC(=O)c1ccc(-c2ccc(OCCCO)c(-c3ccc(N4CCCC4)c(C(C)(C)C)c3)c2)nc1. The van der Waals surface area contributed by atoms with Crippen LogP contribution in [0.2, 0.25) is 0 Å². The highest BCUT2D eigenvalue weighted by molar-refractivity contribution is 5.89. The summed E-state index contributed by atoms with van der Waals surface area (Å²) in [6.07, 6.45) is 4.59. The number of benzene rings is 2. The van der Waals surface area contributed by atoms with Crippen LogP contribution in [0.4, 0.5) is 5.69 Å². The van der Waals surface area contributed by atoms with Gasteiger partial charge in [0.2, 0.25) is 0 Å². The second-order valence-corrected chi connectivity index (χ2v) is 10.5. The van der Waals surface area contributed by atoms with Crippen molar-refractivity contribution < 1.29 is 19.4 Å². The van der Waals surface area contributed by atoms with Gasteiger partial charge in [-0.15, -0.1) is 0 Å². The first-order chi connectivity index (χ1) is 17.8. The highest BCUT2D eigenvalue weighted by Crippen LogP contribution is 2.40. The van der Waals surface area contributed by atoms with Gasteiger partial charge >= 0.3 is 5.97 Å². The van der Waals surface area contributed by atoms with E-state index in [1.165, 1.54) is 24.1 Å². The molecule has 0 spiro atoms. The van der Waals surface area contributed by atoms with Gasteiger partial charge in [-0.05, 0) is 78.8 Å². The lowest BCUT2D eigenvalue weighted by Gasteiger charge is -2.29. The van der Waals surface area contributed by atoms with E-state index in [-0.39, 0.29) is 18.0 Å². The maximum absolute atomic E-state index is 12.0. The lowest BCUT2D eigenvalue weighted by Crippen LogP contribution is -2.23. The zero-order valence-corrected chi connectivity index (χ0v) is 22.4. The van der Waals surface area contributed by atoms with E-state index in [0.29, 0.717) is 25.2 Å². The van der Waals surface area contributed by atoms with Crippen LogP contribution in [0.1, 0.15) is 62.9 Å². The normalized spacial score (nSPS) is 13.6. The zero-order chi connectivity index (χ0) is 26.4. The quantitative estimate of drug-likeness (QED) is 0.275. The van der Waals surface area contributed by atoms with Crippen molar-refractivity contribution in [3.63, 3.8) is 0 Å². The Balaban J connectivity index is 1.76. The van der Waals surface area contributed by atoms with E-state index >= 15 is 0 Å². The highest BCUT2D eigenvalue weighted by atomic mass is 16.5. The molecule has 0 radical (unpaired) electrons. The van der Waals surface area contributed by atoms with Crippen LogP contribution >= 0.6 is 0 Å². The fourth-order valence-electron chi connectivity index (χ4n) is 4.73. The topological polar surface area (TPSA) is 71.9 Å². The number of aliphatic hydroxyl groups is 1. The molecule has 0 saturated carbocycles. The van der Waals surface area contributed by atoms with Gasteiger partial charge in [0.05, 0.1) is 24.5 Å². The molecule has 0 aliphatic carbocycles. The predicted molar refractivity (Wildman–Crippen MR) is 148 cm³/mol. The fraction of sp³-hybridized carbons (Fsp3) is 0.419. The van der Waals surface area contributed by atoms with E-state index in [2.05, 4.69) is 54.9 Å². The van der Waals surface area contributed by atoms with Crippen LogP contribution in [0.25, 0.3) is 22.4 Å². The molecule has 2 aromatic carbocycles. The van der Waals surface area contributed by atoms with Crippen molar-refractivity contribution in [3.8, 4) is 28.1 Å². The Bertz CT molecular complexity index is 1210. The van der Waals surface area contributed by atoms with Gasteiger partial charge in [0.25, 0.3) is 0 Å². The molecule has 0 unspecified atom stereocenters. The second-order valence-electron chi connectivity index (χ2n) is 10.5. The summed E-state index contributed by atoms with van der Waals surface area (Å²) in [5.74, 6) is 0.400. The molecule has 1 fully saturated rings. The Hall–Kier alpha value is -3.38. The first-order valence-electron chi connectivity index (χ1n) is 13.2. The Morgan fingerprint density at radius 3 is 2.43 bits per heavy atom. The summed E-state index contributed by atoms with van der Waals surface area (Å²) in [4.78, 5) is 19.1. The van der Waals surface area contributed by atoms with Crippen LogP contribution in [0.15, 0.2) is 54.7 Å². The molecule has 0 amide bonds. The molecule has 6 nitrogen and oxygen atoms in total. The molecule has 1 aromatic heterocycles. The van der Waals surface area contributed by atoms with Gasteiger partial charge in [0, 0.05) is 49.1 Å². The van der Waals surface area contributed by atoms with Crippen molar-refractivity contribution in [1.82, 2.24) is 4.98 Å². The van der Waals surface area contributed by atoms with Crippen LogP contribution in [0, 0.1) is 0 Å². The maximum Gasteiger partial charge on any atom is 0.339 e. The lowest BCUT2D eigenvalue weighted by atomic mass is 9.83. The van der Waals surface area contributed by atoms with Gasteiger partial charge < -0.3 is 19.5 Å². The molecule has 6 heteroatoms. The molecule has 1 N–H and O–H groups in total. The van der Waals surface area contributed by atoms with Crippen molar-refractivity contribution in [3.05, 3.63) is 65.9 Å². The van der Waals surface area contributed by atoms with E-state index < -0.39 is 0 Å². The van der Waals surface area contributed by atoms with Crippen LogP contribution < -0.4 is 9.64 Å².